The number of aliphatic carboxylic acids is 1. The first-order valence-corrected chi connectivity index (χ1v) is 4.82. The van der Waals surface area contributed by atoms with Gasteiger partial charge in [-0.15, -0.1) is 6.42 Å². The number of rotatable bonds is 3. The van der Waals surface area contributed by atoms with Crippen molar-refractivity contribution in [2.45, 2.75) is 6.42 Å². The Morgan fingerprint density at radius 1 is 1.29 bits per heavy atom. The van der Waals surface area contributed by atoms with E-state index < -0.39 is 5.97 Å². The summed E-state index contributed by atoms with van der Waals surface area (Å²) in [6, 6.07) is 0. The second-order valence-electron chi connectivity index (χ2n) is 3.50. The molecule has 0 atom stereocenters. The average Bonchev–Trinajstić information content (AvgIpc) is 2.31. The van der Waals surface area contributed by atoms with E-state index in [4.69, 9.17) is 11.5 Å². The van der Waals surface area contributed by atoms with Crippen molar-refractivity contribution >= 4 is 5.97 Å². The fourth-order valence-corrected chi connectivity index (χ4v) is 1.66. The summed E-state index contributed by atoms with van der Waals surface area (Å²) in [5.41, 5.74) is 0. The van der Waals surface area contributed by atoms with Gasteiger partial charge in [0, 0.05) is 26.2 Å². The van der Waals surface area contributed by atoms with Crippen LogP contribution in [0.5, 0.6) is 0 Å². The largest absolute Gasteiger partial charge is 0.480 e. The fraction of sp³-hybridized carbons (Fsp3) is 0.700. The maximum atomic E-state index is 10.5. The van der Waals surface area contributed by atoms with Crippen LogP contribution in [-0.2, 0) is 4.79 Å². The molecule has 1 aliphatic rings. The zero-order valence-corrected chi connectivity index (χ0v) is 8.28. The minimum Gasteiger partial charge on any atom is -0.480 e. The molecule has 1 rings (SSSR count). The topological polar surface area (TPSA) is 43.8 Å². The van der Waals surface area contributed by atoms with Crippen LogP contribution < -0.4 is 0 Å². The van der Waals surface area contributed by atoms with Gasteiger partial charge in [0.05, 0.1) is 13.1 Å². The van der Waals surface area contributed by atoms with Crippen molar-refractivity contribution in [3.8, 4) is 12.3 Å². The van der Waals surface area contributed by atoms with Crippen molar-refractivity contribution in [2.24, 2.45) is 0 Å². The van der Waals surface area contributed by atoms with E-state index in [1.54, 1.807) is 0 Å². The first kappa shape index (κ1) is 11.0. The van der Waals surface area contributed by atoms with E-state index in [-0.39, 0.29) is 6.54 Å². The predicted octanol–water partition coefficient (Wildman–Crippen LogP) is -0.288. The standard InChI is InChI=1S/C10H16N2O2/c1-2-4-11-5-3-6-12(8-7-11)9-10(13)14/h1H,3-9H2,(H,13,14). The third kappa shape index (κ3) is 3.77. The summed E-state index contributed by atoms with van der Waals surface area (Å²) in [6.07, 6.45) is 6.22. The maximum absolute atomic E-state index is 10.5. The van der Waals surface area contributed by atoms with Crippen LogP contribution >= 0.6 is 0 Å². The lowest BCUT2D eigenvalue weighted by Gasteiger charge is -2.18. The lowest BCUT2D eigenvalue weighted by molar-refractivity contribution is -0.138. The van der Waals surface area contributed by atoms with E-state index >= 15 is 0 Å². The summed E-state index contributed by atoms with van der Waals surface area (Å²) in [6.45, 7) is 4.31. The summed E-state index contributed by atoms with van der Waals surface area (Å²) in [4.78, 5) is 14.6. The Bertz CT molecular complexity index is 235. The van der Waals surface area contributed by atoms with Gasteiger partial charge in [0.2, 0.25) is 0 Å². The Hall–Kier alpha value is -1.05. The van der Waals surface area contributed by atoms with Crippen LogP contribution in [0.15, 0.2) is 0 Å². The summed E-state index contributed by atoms with van der Waals surface area (Å²) in [7, 11) is 0. The van der Waals surface area contributed by atoms with Crippen LogP contribution in [-0.4, -0.2) is 60.1 Å². The van der Waals surface area contributed by atoms with E-state index in [1.165, 1.54) is 0 Å². The molecular weight excluding hydrogens is 180 g/mol. The SMILES string of the molecule is C#CCN1CCCN(CC(=O)O)CC1. The van der Waals surface area contributed by atoms with Crippen LogP contribution in [0.1, 0.15) is 6.42 Å². The highest BCUT2D eigenvalue weighted by Crippen LogP contribution is 2.01. The highest BCUT2D eigenvalue weighted by Gasteiger charge is 2.15. The molecule has 0 aromatic rings. The van der Waals surface area contributed by atoms with Crippen molar-refractivity contribution < 1.29 is 9.90 Å². The molecule has 0 aliphatic carbocycles. The maximum Gasteiger partial charge on any atom is 0.317 e. The van der Waals surface area contributed by atoms with Gasteiger partial charge < -0.3 is 5.11 Å². The fourth-order valence-electron chi connectivity index (χ4n) is 1.66. The summed E-state index contributed by atoms with van der Waals surface area (Å²) in [5.74, 6) is 1.86. The molecule has 14 heavy (non-hydrogen) atoms. The van der Waals surface area contributed by atoms with Gasteiger partial charge in [-0.1, -0.05) is 5.92 Å². The smallest absolute Gasteiger partial charge is 0.317 e. The molecule has 4 heteroatoms. The average molecular weight is 196 g/mol. The Balaban J connectivity index is 2.33. The number of terminal acetylenes is 1. The monoisotopic (exact) mass is 196 g/mol. The second-order valence-corrected chi connectivity index (χ2v) is 3.50. The van der Waals surface area contributed by atoms with Gasteiger partial charge in [-0.3, -0.25) is 14.6 Å². The van der Waals surface area contributed by atoms with E-state index in [0.29, 0.717) is 6.54 Å². The van der Waals surface area contributed by atoms with Gasteiger partial charge in [-0.25, -0.2) is 0 Å². The predicted molar refractivity (Wildman–Crippen MR) is 54.0 cm³/mol. The summed E-state index contributed by atoms with van der Waals surface area (Å²) in [5, 5.41) is 8.64. The lowest BCUT2D eigenvalue weighted by atomic mass is 10.4. The van der Waals surface area contributed by atoms with Gasteiger partial charge in [-0.05, 0) is 6.42 Å². The Kier molecular flexibility index (Phi) is 4.44. The minimum absolute atomic E-state index is 0.143. The molecule has 1 aliphatic heterocycles. The normalized spacial score (nSPS) is 19.9. The van der Waals surface area contributed by atoms with Crippen LogP contribution in [0.2, 0.25) is 0 Å². The number of nitrogens with zero attached hydrogens (tertiary/aromatic N) is 2. The summed E-state index contributed by atoms with van der Waals surface area (Å²) < 4.78 is 0. The highest BCUT2D eigenvalue weighted by molar-refractivity contribution is 5.69. The number of carboxylic acids is 1. The second kappa shape index (κ2) is 5.63. The number of carbonyl (C=O) groups is 1. The third-order valence-corrected chi connectivity index (χ3v) is 2.35. The van der Waals surface area contributed by atoms with Crippen molar-refractivity contribution in [3.63, 3.8) is 0 Å². The zero-order valence-electron chi connectivity index (χ0n) is 8.28. The molecule has 78 valence electrons. The highest BCUT2D eigenvalue weighted by atomic mass is 16.4. The van der Waals surface area contributed by atoms with E-state index in [2.05, 4.69) is 10.8 Å². The van der Waals surface area contributed by atoms with Crippen LogP contribution in [0.3, 0.4) is 0 Å². The van der Waals surface area contributed by atoms with E-state index in [9.17, 15) is 4.79 Å². The Morgan fingerprint density at radius 3 is 2.57 bits per heavy atom. The van der Waals surface area contributed by atoms with Crippen LogP contribution in [0, 0.1) is 12.3 Å². The lowest BCUT2D eigenvalue weighted by Crippen LogP contribution is -2.34. The molecule has 1 N–H and O–H groups in total. The van der Waals surface area contributed by atoms with Crippen LogP contribution in [0.4, 0.5) is 0 Å². The molecule has 1 fully saturated rings. The number of hydrogen-bond acceptors (Lipinski definition) is 3. The summed E-state index contributed by atoms with van der Waals surface area (Å²) >= 11 is 0. The van der Waals surface area contributed by atoms with Gasteiger partial charge in [0.25, 0.3) is 0 Å². The molecule has 0 unspecified atom stereocenters. The van der Waals surface area contributed by atoms with Gasteiger partial charge >= 0.3 is 5.97 Å². The van der Waals surface area contributed by atoms with Crippen molar-refractivity contribution in [2.75, 3.05) is 39.3 Å². The van der Waals surface area contributed by atoms with Crippen molar-refractivity contribution in [1.82, 2.24) is 9.80 Å². The van der Waals surface area contributed by atoms with E-state index in [1.807, 2.05) is 4.90 Å². The van der Waals surface area contributed by atoms with Crippen LogP contribution in [0.25, 0.3) is 0 Å². The molecule has 0 spiro atoms. The molecule has 0 amide bonds. The van der Waals surface area contributed by atoms with Gasteiger partial charge in [0.15, 0.2) is 0 Å². The molecule has 0 aromatic heterocycles. The molecule has 0 radical (unpaired) electrons. The minimum atomic E-state index is -0.754. The zero-order chi connectivity index (χ0) is 10.4. The molecule has 1 heterocycles. The molecule has 1 saturated heterocycles. The third-order valence-electron chi connectivity index (χ3n) is 2.35. The Morgan fingerprint density at radius 2 is 1.93 bits per heavy atom. The molecule has 0 aromatic carbocycles. The first-order chi connectivity index (χ1) is 6.72. The van der Waals surface area contributed by atoms with Gasteiger partial charge in [0.1, 0.15) is 0 Å². The Labute approximate surface area is 84.5 Å². The molecule has 4 nitrogen and oxygen atoms in total. The molecule has 0 bridgehead atoms. The van der Waals surface area contributed by atoms with E-state index in [0.717, 1.165) is 32.6 Å². The molecular formula is C10H16N2O2. The molecule has 0 saturated carbocycles. The quantitative estimate of drug-likeness (QED) is 0.630. The number of hydrogen-bond donors (Lipinski definition) is 1. The van der Waals surface area contributed by atoms with Crippen molar-refractivity contribution in [1.29, 1.82) is 0 Å². The van der Waals surface area contributed by atoms with Crippen molar-refractivity contribution in [3.05, 3.63) is 0 Å². The van der Waals surface area contributed by atoms with Gasteiger partial charge in [-0.2, -0.15) is 0 Å². The first-order valence-electron chi connectivity index (χ1n) is 4.82. The number of carboxylic acid groups (broad SMARTS) is 1.